The molecule has 0 saturated heterocycles. The molecule has 3 aromatic rings. The molecular weight excluding hydrogens is 268 g/mol. The summed E-state index contributed by atoms with van der Waals surface area (Å²) in [6, 6.07) is 3.35. The average Bonchev–Trinajstić information content (AvgIpc) is 2.41. The van der Waals surface area contributed by atoms with Gasteiger partial charge in [-0.05, 0) is 18.2 Å². The summed E-state index contributed by atoms with van der Waals surface area (Å²) in [4.78, 5) is 11.8. The zero-order valence-corrected chi connectivity index (χ0v) is 9.78. The van der Waals surface area contributed by atoms with Crippen molar-refractivity contribution in [3.05, 3.63) is 28.6 Å². The van der Waals surface area contributed by atoms with E-state index in [-0.39, 0.29) is 16.2 Å². The van der Waals surface area contributed by atoms with Crippen molar-refractivity contribution < 1.29 is 29.9 Å². The zero-order chi connectivity index (χ0) is 14.6. The van der Waals surface area contributed by atoms with Gasteiger partial charge in [-0.3, -0.25) is 0 Å². The monoisotopic (exact) mass is 276 g/mol. The Morgan fingerprint density at radius 2 is 1.50 bits per heavy atom. The molecule has 20 heavy (non-hydrogen) atoms. The molecule has 0 atom stereocenters. The maximum atomic E-state index is 11.8. The van der Waals surface area contributed by atoms with Crippen molar-refractivity contribution >= 4 is 21.7 Å². The van der Waals surface area contributed by atoms with Crippen LogP contribution in [-0.4, -0.2) is 25.5 Å². The molecule has 0 amide bonds. The lowest BCUT2D eigenvalue weighted by Gasteiger charge is -2.08. The summed E-state index contributed by atoms with van der Waals surface area (Å²) >= 11 is 0. The van der Waals surface area contributed by atoms with Gasteiger partial charge in [0.15, 0.2) is 22.8 Å². The van der Waals surface area contributed by atoms with Crippen LogP contribution in [0.5, 0.6) is 28.7 Å². The highest BCUT2D eigenvalue weighted by Crippen LogP contribution is 2.45. The number of hydrogen-bond donors (Lipinski definition) is 5. The van der Waals surface area contributed by atoms with Gasteiger partial charge in [0.05, 0.1) is 5.39 Å². The SMILES string of the molecule is O=c1oc2c(O)c(O)c(O)cc2c2c(O)c(O)ccc12. The molecule has 0 unspecified atom stereocenters. The predicted molar refractivity (Wildman–Crippen MR) is 68.3 cm³/mol. The molecule has 2 aromatic carbocycles. The lowest BCUT2D eigenvalue weighted by Crippen LogP contribution is -2.00. The summed E-state index contributed by atoms with van der Waals surface area (Å²) in [6.07, 6.45) is 0. The minimum absolute atomic E-state index is 0.0270. The molecule has 5 N–H and O–H groups in total. The summed E-state index contributed by atoms with van der Waals surface area (Å²) in [7, 11) is 0. The standard InChI is InChI=1S/C13H8O7/c14-6-2-1-4-8(9(6)16)5-3-7(15)10(17)11(18)12(5)20-13(4)19/h1-3,14-18H. The molecule has 0 aliphatic carbocycles. The van der Waals surface area contributed by atoms with Crippen LogP contribution in [0.25, 0.3) is 21.7 Å². The molecule has 1 heterocycles. The van der Waals surface area contributed by atoms with Crippen LogP contribution < -0.4 is 5.63 Å². The van der Waals surface area contributed by atoms with Crippen molar-refractivity contribution in [3.8, 4) is 28.7 Å². The summed E-state index contributed by atoms with van der Waals surface area (Å²) in [5.74, 6) is -3.41. The third kappa shape index (κ3) is 1.37. The fourth-order valence-electron chi connectivity index (χ4n) is 2.09. The van der Waals surface area contributed by atoms with Gasteiger partial charge in [-0.1, -0.05) is 0 Å². The molecule has 7 heteroatoms. The number of phenolic OH excluding ortho intramolecular Hbond substituents is 5. The normalized spacial score (nSPS) is 11.2. The van der Waals surface area contributed by atoms with Crippen LogP contribution in [0.4, 0.5) is 0 Å². The number of phenols is 5. The van der Waals surface area contributed by atoms with E-state index in [9.17, 15) is 30.3 Å². The first-order chi connectivity index (χ1) is 9.41. The Balaban J connectivity index is 2.72. The van der Waals surface area contributed by atoms with Gasteiger partial charge in [-0.25, -0.2) is 4.79 Å². The van der Waals surface area contributed by atoms with Crippen LogP contribution in [0.15, 0.2) is 27.4 Å². The fraction of sp³-hybridized carbons (Fsp3) is 0. The van der Waals surface area contributed by atoms with Gasteiger partial charge >= 0.3 is 5.63 Å². The number of fused-ring (bicyclic) bond motifs is 3. The molecule has 0 saturated carbocycles. The second kappa shape index (κ2) is 3.70. The highest BCUT2D eigenvalue weighted by molar-refractivity contribution is 6.11. The first kappa shape index (κ1) is 12.0. The van der Waals surface area contributed by atoms with Crippen molar-refractivity contribution in [2.75, 3.05) is 0 Å². The second-order valence-electron chi connectivity index (χ2n) is 4.21. The van der Waals surface area contributed by atoms with E-state index in [2.05, 4.69) is 0 Å². The smallest absolute Gasteiger partial charge is 0.344 e. The van der Waals surface area contributed by atoms with E-state index in [4.69, 9.17) is 4.42 Å². The Morgan fingerprint density at radius 1 is 0.800 bits per heavy atom. The Labute approximate surface area is 110 Å². The van der Waals surface area contributed by atoms with Crippen LogP contribution in [0.1, 0.15) is 0 Å². The molecule has 7 nitrogen and oxygen atoms in total. The van der Waals surface area contributed by atoms with Crippen molar-refractivity contribution in [1.82, 2.24) is 0 Å². The number of hydrogen-bond acceptors (Lipinski definition) is 7. The molecule has 0 fully saturated rings. The summed E-state index contributed by atoms with van der Waals surface area (Å²) in [5.41, 5.74) is -1.28. The average molecular weight is 276 g/mol. The summed E-state index contributed by atoms with van der Waals surface area (Å²) < 4.78 is 4.87. The topological polar surface area (TPSA) is 131 Å². The van der Waals surface area contributed by atoms with Crippen LogP contribution >= 0.6 is 0 Å². The molecule has 0 aliphatic rings. The Kier molecular flexibility index (Phi) is 2.22. The van der Waals surface area contributed by atoms with E-state index in [1.165, 1.54) is 6.07 Å². The maximum Gasteiger partial charge on any atom is 0.344 e. The predicted octanol–water partition coefficient (Wildman–Crippen LogP) is 1.47. The molecule has 102 valence electrons. The van der Waals surface area contributed by atoms with Gasteiger partial charge < -0.3 is 29.9 Å². The Bertz CT molecular complexity index is 924. The lowest BCUT2D eigenvalue weighted by molar-refractivity contribution is 0.365. The number of aromatic hydroxyl groups is 5. The van der Waals surface area contributed by atoms with E-state index in [1.54, 1.807) is 0 Å². The van der Waals surface area contributed by atoms with Crippen LogP contribution in [0.2, 0.25) is 0 Å². The maximum absolute atomic E-state index is 11.8. The first-order valence-electron chi connectivity index (χ1n) is 5.47. The Morgan fingerprint density at radius 3 is 2.20 bits per heavy atom. The molecule has 0 bridgehead atoms. The van der Waals surface area contributed by atoms with Gasteiger partial charge in [-0.2, -0.15) is 0 Å². The van der Waals surface area contributed by atoms with Gasteiger partial charge in [0.1, 0.15) is 0 Å². The highest BCUT2D eigenvalue weighted by Gasteiger charge is 2.20. The van der Waals surface area contributed by atoms with Crippen molar-refractivity contribution in [2.24, 2.45) is 0 Å². The van der Waals surface area contributed by atoms with E-state index in [0.29, 0.717) is 0 Å². The van der Waals surface area contributed by atoms with Crippen molar-refractivity contribution in [3.63, 3.8) is 0 Å². The van der Waals surface area contributed by atoms with E-state index in [0.717, 1.165) is 12.1 Å². The minimum atomic E-state index is -0.872. The van der Waals surface area contributed by atoms with E-state index < -0.39 is 40.0 Å². The second-order valence-corrected chi connectivity index (χ2v) is 4.21. The summed E-state index contributed by atoms with van der Waals surface area (Å²) in [5, 5.41) is 47.8. The van der Waals surface area contributed by atoms with Gasteiger partial charge in [0.2, 0.25) is 11.5 Å². The van der Waals surface area contributed by atoms with Gasteiger partial charge in [0.25, 0.3) is 0 Å². The van der Waals surface area contributed by atoms with Crippen LogP contribution in [0.3, 0.4) is 0 Å². The quantitative estimate of drug-likeness (QED) is 0.238. The lowest BCUT2D eigenvalue weighted by atomic mass is 10.0. The van der Waals surface area contributed by atoms with Crippen molar-refractivity contribution in [2.45, 2.75) is 0 Å². The molecule has 0 aliphatic heterocycles. The molecule has 0 radical (unpaired) electrons. The van der Waals surface area contributed by atoms with Crippen LogP contribution in [-0.2, 0) is 0 Å². The van der Waals surface area contributed by atoms with Gasteiger partial charge in [-0.15, -0.1) is 0 Å². The number of benzene rings is 2. The molecular formula is C13H8O7. The Hall–Kier alpha value is -3.09. The minimum Gasteiger partial charge on any atom is -0.504 e. The highest BCUT2D eigenvalue weighted by atomic mass is 16.4. The molecule has 1 aromatic heterocycles. The van der Waals surface area contributed by atoms with Crippen LogP contribution in [0, 0.1) is 0 Å². The summed E-state index contributed by atoms with van der Waals surface area (Å²) in [6.45, 7) is 0. The van der Waals surface area contributed by atoms with E-state index in [1.807, 2.05) is 0 Å². The molecule has 0 spiro atoms. The zero-order valence-electron chi connectivity index (χ0n) is 9.78. The van der Waals surface area contributed by atoms with Crippen molar-refractivity contribution in [1.29, 1.82) is 0 Å². The fourth-order valence-corrected chi connectivity index (χ4v) is 2.09. The largest absolute Gasteiger partial charge is 0.504 e. The third-order valence-corrected chi connectivity index (χ3v) is 3.05. The molecule has 3 rings (SSSR count). The first-order valence-corrected chi connectivity index (χ1v) is 5.47. The van der Waals surface area contributed by atoms with E-state index >= 15 is 0 Å². The number of rotatable bonds is 0. The van der Waals surface area contributed by atoms with Gasteiger partial charge in [0, 0.05) is 10.8 Å². The third-order valence-electron chi connectivity index (χ3n) is 3.05.